The van der Waals surface area contributed by atoms with Gasteiger partial charge in [0.25, 0.3) is 0 Å². The van der Waals surface area contributed by atoms with Crippen LogP contribution in [-0.4, -0.2) is 12.2 Å². The van der Waals surface area contributed by atoms with Crippen molar-refractivity contribution in [2.24, 2.45) is 0 Å². The summed E-state index contributed by atoms with van der Waals surface area (Å²) in [6, 6.07) is 14.5. The van der Waals surface area contributed by atoms with Gasteiger partial charge in [-0.05, 0) is 61.3 Å². The molecule has 0 unspecified atom stereocenters. The second-order valence-corrected chi connectivity index (χ2v) is 6.04. The van der Waals surface area contributed by atoms with Gasteiger partial charge < -0.3 is 15.4 Å². The monoisotopic (exact) mass is 328 g/mol. The Hall–Kier alpha value is -2.07. The van der Waals surface area contributed by atoms with Crippen LogP contribution in [0.4, 0.5) is 5.69 Å². The summed E-state index contributed by atoms with van der Waals surface area (Å²) in [5.74, 6) is 0.805. The number of hydrogen-bond acceptors (Lipinski definition) is 2. The summed E-state index contributed by atoms with van der Waals surface area (Å²) in [5.41, 5.74) is 4.78. The van der Waals surface area contributed by atoms with Gasteiger partial charge in [-0.1, -0.05) is 31.2 Å². The Morgan fingerprint density at radius 2 is 1.91 bits per heavy atom. The van der Waals surface area contributed by atoms with Gasteiger partial charge in [0.15, 0.2) is 5.11 Å². The molecule has 0 aliphatic carbocycles. The molecule has 122 valence electrons. The fourth-order valence-corrected chi connectivity index (χ4v) is 2.69. The fraction of sp³-hybridized carbons (Fsp3) is 0.316. The minimum absolute atomic E-state index is 0.194. The molecule has 0 aromatic heterocycles. The normalized spacial score (nSPS) is 11.7. The number of aryl methyl sites for hydroxylation is 2. The van der Waals surface area contributed by atoms with Crippen LogP contribution >= 0.6 is 12.2 Å². The zero-order valence-electron chi connectivity index (χ0n) is 14.1. The maximum Gasteiger partial charge on any atom is 0.171 e. The van der Waals surface area contributed by atoms with Crippen LogP contribution in [0.2, 0.25) is 0 Å². The lowest BCUT2D eigenvalue weighted by molar-refractivity contribution is 0.415. The molecule has 0 radical (unpaired) electrons. The molecule has 23 heavy (non-hydrogen) atoms. The number of methoxy groups -OCH3 is 1. The molecule has 2 aromatic carbocycles. The molecule has 2 aromatic rings. The Morgan fingerprint density at radius 1 is 1.13 bits per heavy atom. The Morgan fingerprint density at radius 3 is 2.57 bits per heavy atom. The Bertz CT molecular complexity index is 685. The second-order valence-electron chi connectivity index (χ2n) is 5.63. The van der Waals surface area contributed by atoms with Crippen LogP contribution in [0.25, 0.3) is 0 Å². The maximum atomic E-state index is 5.45. The van der Waals surface area contributed by atoms with Crippen molar-refractivity contribution in [3.8, 4) is 5.75 Å². The number of ether oxygens (including phenoxy) is 1. The number of anilines is 1. The molecule has 0 heterocycles. The molecule has 0 aliphatic heterocycles. The quantitative estimate of drug-likeness (QED) is 0.776. The van der Waals surface area contributed by atoms with Crippen LogP contribution in [0.5, 0.6) is 5.75 Å². The molecule has 2 N–H and O–H groups in total. The number of rotatable bonds is 5. The number of hydrogen-bond donors (Lipinski definition) is 2. The first-order chi connectivity index (χ1) is 11.0. The first-order valence-corrected chi connectivity index (χ1v) is 8.23. The fourth-order valence-electron chi connectivity index (χ4n) is 2.43. The average Bonchev–Trinajstić information content (AvgIpc) is 2.55. The molecule has 0 aliphatic rings. The lowest BCUT2D eigenvalue weighted by Crippen LogP contribution is -2.32. The first-order valence-electron chi connectivity index (χ1n) is 7.82. The number of benzene rings is 2. The summed E-state index contributed by atoms with van der Waals surface area (Å²) in [4.78, 5) is 0. The van der Waals surface area contributed by atoms with Crippen LogP contribution in [0.1, 0.15) is 36.1 Å². The van der Waals surface area contributed by atoms with Gasteiger partial charge in [-0.25, -0.2) is 0 Å². The summed E-state index contributed by atoms with van der Waals surface area (Å²) < 4.78 is 5.23. The Balaban J connectivity index is 2.05. The van der Waals surface area contributed by atoms with Crippen molar-refractivity contribution in [2.45, 2.75) is 33.2 Å². The van der Waals surface area contributed by atoms with Gasteiger partial charge in [-0.2, -0.15) is 0 Å². The minimum atomic E-state index is 0.194. The summed E-state index contributed by atoms with van der Waals surface area (Å²) in [5, 5.41) is 7.23. The highest BCUT2D eigenvalue weighted by molar-refractivity contribution is 7.80. The molecule has 1 atom stereocenters. The van der Waals surface area contributed by atoms with E-state index in [1.807, 2.05) is 24.3 Å². The largest absolute Gasteiger partial charge is 0.497 e. The summed E-state index contributed by atoms with van der Waals surface area (Å²) in [7, 11) is 1.66. The highest BCUT2D eigenvalue weighted by Crippen LogP contribution is 2.21. The Labute approximate surface area is 144 Å². The van der Waals surface area contributed by atoms with E-state index in [9.17, 15) is 0 Å². The minimum Gasteiger partial charge on any atom is -0.497 e. The van der Waals surface area contributed by atoms with Crippen molar-refractivity contribution in [3.05, 3.63) is 59.2 Å². The molecule has 2 rings (SSSR count). The number of thiocarbonyl (C=S) groups is 1. The van der Waals surface area contributed by atoms with Gasteiger partial charge in [0.05, 0.1) is 13.2 Å². The van der Waals surface area contributed by atoms with Crippen LogP contribution in [-0.2, 0) is 0 Å². The molecular formula is C19H24N2OS. The van der Waals surface area contributed by atoms with E-state index in [2.05, 4.69) is 49.6 Å². The van der Waals surface area contributed by atoms with Crippen molar-refractivity contribution >= 4 is 23.0 Å². The standard InChI is InChI=1S/C19H24N2OS/c1-5-18(15-10-9-13(2)14(3)11-15)21-19(23)20-16-7-6-8-17(12-16)22-4/h6-12,18H,5H2,1-4H3,(H2,20,21,23)/t18-/m0/s1. The lowest BCUT2D eigenvalue weighted by atomic mass is 9.99. The SMILES string of the molecule is CC[C@H](NC(=S)Nc1cccc(OC)c1)c1ccc(C)c(C)c1. The molecule has 3 nitrogen and oxygen atoms in total. The molecule has 0 spiro atoms. The molecule has 0 bridgehead atoms. The molecule has 0 fully saturated rings. The van der Waals surface area contributed by atoms with Crippen LogP contribution in [0.3, 0.4) is 0 Å². The third kappa shape index (κ3) is 4.70. The predicted molar refractivity (Wildman–Crippen MR) is 101 cm³/mol. The zero-order valence-corrected chi connectivity index (χ0v) is 15.0. The van der Waals surface area contributed by atoms with E-state index in [0.717, 1.165) is 17.9 Å². The van der Waals surface area contributed by atoms with E-state index in [0.29, 0.717) is 5.11 Å². The second kappa shape index (κ2) is 7.97. The third-order valence-electron chi connectivity index (χ3n) is 3.97. The smallest absolute Gasteiger partial charge is 0.171 e. The van der Waals surface area contributed by atoms with Gasteiger partial charge in [0.1, 0.15) is 5.75 Å². The highest BCUT2D eigenvalue weighted by Gasteiger charge is 2.11. The van der Waals surface area contributed by atoms with Crippen molar-refractivity contribution in [2.75, 3.05) is 12.4 Å². The van der Waals surface area contributed by atoms with E-state index >= 15 is 0 Å². The van der Waals surface area contributed by atoms with Crippen molar-refractivity contribution in [3.63, 3.8) is 0 Å². The summed E-state index contributed by atoms with van der Waals surface area (Å²) >= 11 is 5.45. The molecule has 0 saturated carbocycles. The first kappa shape index (κ1) is 17.3. The zero-order chi connectivity index (χ0) is 16.8. The average molecular weight is 328 g/mol. The van der Waals surface area contributed by atoms with Crippen LogP contribution < -0.4 is 15.4 Å². The van der Waals surface area contributed by atoms with E-state index in [1.54, 1.807) is 7.11 Å². The summed E-state index contributed by atoms with van der Waals surface area (Å²) in [6.45, 7) is 6.42. The van der Waals surface area contributed by atoms with Gasteiger partial charge in [-0.3, -0.25) is 0 Å². The van der Waals surface area contributed by atoms with E-state index in [4.69, 9.17) is 17.0 Å². The Kier molecular flexibility index (Phi) is 5.99. The van der Waals surface area contributed by atoms with Gasteiger partial charge in [-0.15, -0.1) is 0 Å². The molecule has 0 saturated heterocycles. The highest BCUT2D eigenvalue weighted by atomic mass is 32.1. The van der Waals surface area contributed by atoms with Crippen molar-refractivity contribution < 1.29 is 4.74 Å². The molecular weight excluding hydrogens is 304 g/mol. The van der Waals surface area contributed by atoms with Crippen LogP contribution in [0.15, 0.2) is 42.5 Å². The topological polar surface area (TPSA) is 33.3 Å². The van der Waals surface area contributed by atoms with E-state index < -0.39 is 0 Å². The van der Waals surface area contributed by atoms with Gasteiger partial charge in [0.2, 0.25) is 0 Å². The predicted octanol–water partition coefficient (Wildman–Crippen LogP) is 4.75. The molecule has 0 amide bonds. The molecule has 4 heteroatoms. The third-order valence-corrected chi connectivity index (χ3v) is 4.19. The maximum absolute atomic E-state index is 5.45. The van der Waals surface area contributed by atoms with E-state index in [1.165, 1.54) is 16.7 Å². The summed E-state index contributed by atoms with van der Waals surface area (Å²) in [6.07, 6.45) is 0.961. The lowest BCUT2D eigenvalue weighted by Gasteiger charge is -2.21. The number of nitrogens with one attached hydrogen (secondary N) is 2. The van der Waals surface area contributed by atoms with Crippen molar-refractivity contribution in [1.29, 1.82) is 0 Å². The van der Waals surface area contributed by atoms with Crippen LogP contribution in [0, 0.1) is 13.8 Å². The van der Waals surface area contributed by atoms with Gasteiger partial charge >= 0.3 is 0 Å². The van der Waals surface area contributed by atoms with Crippen molar-refractivity contribution in [1.82, 2.24) is 5.32 Å². The van der Waals surface area contributed by atoms with Gasteiger partial charge in [0, 0.05) is 11.8 Å². The van der Waals surface area contributed by atoms with E-state index in [-0.39, 0.29) is 6.04 Å².